The van der Waals surface area contributed by atoms with Gasteiger partial charge in [0.05, 0.1) is 49.3 Å². The molecule has 3 heterocycles. The molecule has 0 unspecified atom stereocenters. The SMILES string of the molecule is CC(C)(O[C@@H]1O[C@@H](CO)[C@H](O)[C@H](O)[C@@H]1O)[C@H]1CO[C@](C)([C@H]2[C@@H](O)C[C@@]3(C)[C@H]4C[C@H](O)[C@H]5C(C)(C)[C@H](O[C@@H]6O[C@H](CO)[C@@H](O)[C@H](O)[C@H]6O)CC[C@]56C[C@]46CC[C@@]23C)C1. The van der Waals surface area contributed by atoms with Crippen molar-refractivity contribution in [2.45, 2.75) is 191 Å². The van der Waals surface area contributed by atoms with Crippen LogP contribution >= 0.6 is 0 Å². The Kier molecular flexibility index (Phi) is 10.5. The van der Waals surface area contributed by atoms with Crippen LogP contribution in [0.5, 0.6) is 0 Å². The Morgan fingerprint density at radius 1 is 0.649 bits per heavy atom. The van der Waals surface area contributed by atoms with Gasteiger partial charge in [-0.15, -0.1) is 0 Å². The highest BCUT2D eigenvalue weighted by atomic mass is 16.7. The highest BCUT2D eigenvalue weighted by molar-refractivity contribution is 5.33. The van der Waals surface area contributed by atoms with Gasteiger partial charge in [-0.3, -0.25) is 0 Å². The first-order valence-electron chi connectivity index (χ1n) is 21.4. The van der Waals surface area contributed by atoms with Gasteiger partial charge in [-0.1, -0.05) is 27.7 Å². The summed E-state index contributed by atoms with van der Waals surface area (Å²) in [4.78, 5) is 0. The Labute approximate surface area is 335 Å². The Hall–Kier alpha value is -0.600. The smallest absolute Gasteiger partial charge is 0.187 e. The lowest BCUT2D eigenvalue weighted by atomic mass is 9.41. The molecule has 2 spiro atoms. The summed E-state index contributed by atoms with van der Waals surface area (Å²) >= 11 is 0. The molecule has 0 aromatic carbocycles. The summed E-state index contributed by atoms with van der Waals surface area (Å²) in [6.45, 7) is 14.0. The van der Waals surface area contributed by atoms with E-state index in [0.29, 0.717) is 32.3 Å². The Balaban J connectivity index is 0.996. The summed E-state index contributed by atoms with van der Waals surface area (Å²) in [7, 11) is 0. The average molecular weight is 815 g/mol. The summed E-state index contributed by atoms with van der Waals surface area (Å²) < 4.78 is 31.0. The van der Waals surface area contributed by atoms with Crippen molar-refractivity contribution < 1.29 is 74.7 Å². The molecule has 0 amide bonds. The van der Waals surface area contributed by atoms with E-state index < -0.39 is 110 Å². The molecule has 10 N–H and O–H groups in total. The molecule has 8 fully saturated rings. The fourth-order valence-electron chi connectivity index (χ4n) is 15.2. The molecule has 328 valence electrons. The summed E-state index contributed by atoms with van der Waals surface area (Å²) in [6.07, 6.45) is -9.33. The van der Waals surface area contributed by atoms with Crippen LogP contribution in [0.3, 0.4) is 0 Å². The zero-order chi connectivity index (χ0) is 41.6. The minimum absolute atomic E-state index is 0.00759. The molecule has 22 atom stereocenters. The van der Waals surface area contributed by atoms with E-state index in [1.807, 2.05) is 13.8 Å². The van der Waals surface area contributed by atoms with E-state index >= 15 is 0 Å². The molecule has 0 aromatic rings. The van der Waals surface area contributed by atoms with Crippen LogP contribution in [0.1, 0.15) is 99.8 Å². The monoisotopic (exact) mass is 814 g/mol. The lowest BCUT2D eigenvalue weighted by molar-refractivity contribution is -0.329. The summed E-state index contributed by atoms with van der Waals surface area (Å²) in [5.74, 6) is -0.300. The first-order valence-corrected chi connectivity index (χ1v) is 21.4. The van der Waals surface area contributed by atoms with Gasteiger partial charge < -0.3 is 74.7 Å². The van der Waals surface area contributed by atoms with Crippen molar-refractivity contribution in [2.75, 3.05) is 19.8 Å². The molecule has 8 aliphatic rings. The summed E-state index contributed by atoms with van der Waals surface area (Å²) in [5, 5.41) is 107. The first kappa shape index (κ1) is 43.1. The van der Waals surface area contributed by atoms with Gasteiger partial charge in [0.25, 0.3) is 0 Å². The highest BCUT2D eigenvalue weighted by Crippen LogP contribution is 2.89. The van der Waals surface area contributed by atoms with Crippen molar-refractivity contribution in [1.29, 1.82) is 0 Å². The largest absolute Gasteiger partial charge is 0.394 e. The number of ether oxygens (including phenoxy) is 5. The molecule has 15 nitrogen and oxygen atoms in total. The van der Waals surface area contributed by atoms with Crippen LogP contribution in [0.4, 0.5) is 0 Å². The van der Waals surface area contributed by atoms with Gasteiger partial charge in [-0.2, -0.15) is 0 Å². The lowest BCUT2D eigenvalue weighted by Crippen LogP contribution is -2.64. The lowest BCUT2D eigenvalue weighted by Gasteiger charge is -2.64. The van der Waals surface area contributed by atoms with Crippen molar-refractivity contribution in [2.24, 2.45) is 50.7 Å². The second kappa shape index (κ2) is 14.0. The van der Waals surface area contributed by atoms with E-state index in [1.165, 1.54) is 0 Å². The number of hydrogen-bond acceptors (Lipinski definition) is 15. The van der Waals surface area contributed by atoms with Gasteiger partial charge in [0, 0.05) is 11.8 Å². The average Bonchev–Trinajstić information content (AvgIpc) is 3.50. The molecular weight excluding hydrogens is 744 g/mol. The van der Waals surface area contributed by atoms with Crippen molar-refractivity contribution in [3.8, 4) is 0 Å². The maximum absolute atomic E-state index is 12.3. The molecule has 0 bridgehead atoms. The van der Waals surface area contributed by atoms with Gasteiger partial charge in [-0.25, -0.2) is 0 Å². The van der Waals surface area contributed by atoms with Crippen LogP contribution < -0.4 is 0 Å². The highest BCUT2D eigenvalue weighted by Gasteiger charge is 2.85. The van der Waals surface area contributed by atoms with Gasteiger partial charge >= 0.3 is 0 Å². The standard InChI is InChI=1S/C42H70O15/c1-36(2)25(56-34-30(51)28(49)26(47)22(15-43)54-34)8-9-42-18-41(42)11-10-38(5)33(21(46)14-39(38,6)24(41)12-20(45)32(36)42)40(7)13-19(17-53-40)37(3,4)57-35-31(52)29(50)27(48)23(16-44)55-35/h19-35,43-52H,8-18H2,1-7H3/t19-,20+,21+,22-,23+,24-,25-,26-,27+,28+,29+,30-,31+,32+,33+,34+,35+,38+,39+,40+,41-,42+/m1/s1. The third-order valence-electron chi connectivity index (χ3n) is 18.3. The fourth-order valence-corrected chi connectivity index (χ4v) is 15.2. The second-order valence-corrected chi connectivity index (χ2v) is 21.5. The normalized spacial score (nSPS) is 58.4. The molecule has 0 aromatic heterocycles. The zero-order valence-electron chi connectivity index (χ0n) is 34.6. The third-order valence-corrected chi connectivity index (χ3v) is 18.3. The molecule has 57 heavy (non-hydrogen) atoms. The first-order chi connectivity index (χ1) is 26.5. The minimum atomic E-state index is -1.55. The van der Waals surface area contributed by atoms with Crippen LogP contribution in [-0.4, -0.2) is 162 Å². The maximum atomic E-state index is 12.3. The van der Waals surface area contributed by atoms with Crippen molar-refractivity contribution in [3.63, 3.8) is 0 Å². The van der Waals surface area contributed by atoms with E-state index in [0.717, 1.165) is 25.7 Å². The summed E-state index contributed by atoms with van der Waals surface area (Å²) in [5.41, 5.74) is -2.89. The van der Waals surface area contributed by atoms with Gasteiger partial charge in [0.1, 0.15) is 48.8 Å². The molecule has 8 rings (SSSR count). The Morgan fingerprint density at radius 2 is 1.25 bits per heavy atom. The number of aliphatic hydroxyl groups is 10. The van der Waals surface area contributed by atoms with Gasteiger partial charge in [0.2, 0.25) is 0 Å². The zero-order valence-corrected chi connectivity index (χ0v) is 34.6. The fraction of sp³-hybridized carbons (Fsp3) is 1.00. The number of rotatable bonds is 8. The van der Waals surface area contributed by atoms with E-state index in [1.54, 1.807) is 0 Å². The van der Waals surface area contributed by atoms with Gasteiger partial charge in [0.15, 0.2) is 12.6 Å². The molecule has 3 saturated heterocycles. The van der Waals surface area contributed by atoms with Crippen LogP contribution in [0.2, 0.25) is 0 Å². The predicted octanol–water partition coefficient (Wildman–Crippen LogP) is -0.0575. The molecule has 5 saturated carbocycles. The molecular formula is C42H70O15. The van der Waals surface area contributed by atoms with Crippen LogP contribution in [0, 0.1) is 50.7 Å². The van der Waals surface area contributed by atoms with Crippen LogP contribution in [-0.2, 0) is 23.7 Å². The second-order valence-electron chi connectivity index (χ2n) is 21.5. The van der Waals surface area contributed by atoms with Crippen molar-refractivity contribution in [3.05, 3.63) is 0 Å². The van der Waals surface area contributed by atoms with E-state index in [9.17, 15) is 51.1 Å². The number of fused-ring (bicyclic) bond motifs is 2. The molecule has 0 radical (unpaired) electrons. The minimum Gasteiger partial charge on any atom is -0.394 e. The predicted molar refractivity (Wildman–Crippen MR) is 200 cm³/mol. The topological polar surface area (TPSA) is 248 Å². The summed E-state index contributed by atoms with van der Waals surface area (Å²) in [6, 6.07) is 0. The quantitative estimate of drug-likeness (QED) is 0.144. The van der Waals surface area contributed by atoms with Crippen LogP contribution in [0.25, 0.3) is 0 Å². The number of hydrogen-bond donors (Lipinski definition) is 10. The Bertz CT molecular complexity index is 1510. The number of aliphatic hydroxyl groups excluding tert-OH is 10. The van der Waals surface area contributed by atoms with Crippen LogP contribution in [0.15, 0.2) is 0 Å². The third kappa shape index (κ3) is 5.92. The molecule has 3 aliphatic heterocycles. The van der Waals surface area contributed by atoms with E-state index in [2.05, 4.69) is 34.6 Å². The van der Waals surface area contributed by atoms with Crippen molar-refractivity contribution >= 4 is 0 Å². The Morgan fingerprint density at radius 3 is 1.86 bits per heavy atom. The van der Waals surface area contributed by atoms with Gasteiger partial charge in [-0.05, 0) is 111 Å². The van der Waals surface area contributed by atoms with E-state index in [-0.39, 0.29) is 45.3 Å². The molecule has 15 heteroatoms. The van der Waals surface area contributed by atoms with E-state index in [4.69, 9.17) is 23.7 Å². The van der Waals surface area contributed by atoms with Crippen molar-refractivity contribution in [1.82, 2.24) is 0 Å². The maximum Gasteiger partial charge on any atom is 0.187 e. The molecule has 5 aliphatic carbocycles.